The van der Waals surface area contributed by atoms with Gasteiger partial charge in [-0.25, -0.2) is 0 Å². The van der Waals surface area contributed by atoms with Gasteiger partial charge in [0.2, 0.25) is 5.88 Å². The van der Waals surface area contributed by atoms with Crippen molar-refractivity contribution in [1.29, 1.82) is 0 Å². The Labute approximate surface area is 164 Å². The topological polar surface area (TPSA) is 78.3 Å². The van der Waals surface area contributed by atoms with Crippen molar-refractivity contribution in [1.82, 2.24) is 25.0 Å². The van der Waals surface area contributed by atoms with Gasteiger partial charge in [-0.3, -0.25) is 0 Å². The van der Waals surface area contributed by atoms with Crippen LogP contribution in [0.2, 0.25) is 5.02 Å². The van der Waals surface area contributed by atoms with Gasteiger partial charge in [0.15, 0.2) is 11.5 Å². The number of aromatic nitrogens is 5. The van der Waals surface area contributed by atoms with Gasteiger partial charge in [-0.15, -0.1) is 15.3 Å². The molecule has 0 bridgehead atoms. The lowest BCUT2D eigenvalue weighted by atomic mass is 10.1. The average molecular weight is 392 g/mol. The maximum absolute atomic E-state index is 6.21. The number of nitrogens with zero attached hydrogens (tertiary/aromatic N) is 5. The molecule has 0 unspecified atom stereocenters. The number of benzene rings is 2. The van der Waals surface area contributed by atoms with Gasteiger partial charge in [0.05, 0.1) is 12.7 Å². The van der Waals surface area contributed by atoms with Crippen LogP contribution >= 0.6 is 11.6 Å². The van der Waals surface area contributed by atoms with Crippen molar-refractivity contribution in [3.63, 3.8) is 0 Å². The van der Waals surface area contributed by atoms with Crippen LogP contribution in [0.25, 0.3) is 39.1 Å². The van der Waals surface area contributed by atoms with Crippen LogP contribution < -0.4 is 4.74 Å². The molecule has 0 saturated heterocycles. The van der Waals surface area contributed by atoms with E-state index in [1.54, 1.807) is 17.7 Å². The van der Waals surface area contributed by atoms with E-state index in [0.717, 1.165) is 21.9 Å². The molecule has 0 aliphatic heterocycles. The highest BCUT2D eigenvalue weighted by atomic mass is 35.5. The minimum absolute atomic E-state index is 0.454. The summed E-state index contributed by atoms with van der Waals surface area (Å²) in [4.78, 5) is 0. The summed E-state index contributed by atoms with van der Waals surface area (Å²) < 4.78 is 12.6. The molecule has 0 atom stereocenters. The van der Waals surface area contributed by atoms with E-state index >= 15 is 0 Å². The zero-order valence-corrected chi connectivity index (χ0v) is 15.8. The highest BCUT2D eigenvalue weighted by Crippen LogP contribution is 2.35. The van der Waals surface area contributed by atoms with Crippen LogP contribution in [0.5, 0.6) is 5.88 Å². The van der Waals surface area contributed by atoms with Crippen molar-refractivity contribution < 1.29 is 9.26 Å². The van der Waals surface area contributed by atoms with Crippen LogP contribution in [-0.2, 0) is 0 Å². The molecular formula is C20H14ClN5O2. The summed E-state index contributed by atoms with van der Waals surface area (Å²) in [7, 11) is 1.58. The fraction of sp³-hybridized carbons (Fsp3) is 0.100. The fourth-order valence-electron chi connectivity index (χ4n) is 3.31. The molecule has 0 fully saturated rings. The van der Waals surface area contributed by atoms with Crippen LogP contribution in [0.15, 0.2) is 53.1 Å². The van der Waals surface area contributed by atoms with E-state index in [2.05, 4.69) is 20.5 Å². The van der Waals surface area contributed by atoms with Crippen molar-refractivity contribution in [3.05, 3.63) is 59.3 Å². The first-order valence-corrected chi connectivity index (χ1v) is 8.96. The third-order valence-corrected chi connectivity index (χ3v) is 4.85. The number of hydrogen-bond acceptors (Lipinski definition) is 6. The Morgan fingerprint density at radius 3 is 2.64 bits per heavy atom. The Bertz CT molecular complexity index is 1330. The molecule has 8 heteroatoms. The van der Waals surface area contributed by atoms with Gasteiger partial charge in [0, 0.05) is 21.4 Å². The van der Waals surface area contributed by atoms with Crippen molar-refractivity contribution in [2.24, 2.45) is 0 Å². The summed E-state index contributed by atoms with van der Waals surface area (Å²) in [5.41, 5.74) is 2.91. The van der Waals surface area contributed by atoms with Gasteiger partial charge < -0.3 is 9.26 Å². The summed E-state index contributed by atoms with van der Waals surface area (Å²) in [6.45, 7) is 1.84. The number of halogens is 1. The molecule has 138 valence electrons. The van der Waals surface area contributed by atoms with E-state index in [9.17, 15) is 0 Å². The second-order valence-electron chi connectivity index (χ2n) is 6.29. The number of aryl methyl sites for hydroxylation is 1. The Balaban J connectivity index is 1.84. The van der Waals surface area contributed by atoms with Gasteiger partial charge in [0.25, 0.3) is 0 Å². The number of methoxy groups -OCH3 is 1. The predicted molar refractivity (Wildman–Crippen MR) is 106 cm³/mol. The van der Waals surface area contributed by atoms with E-state index < -0.39 is 0 Å². The molecule has 0 amide bonds. The second kappa shape index (κ2) is 6.31. The Morgan fingerprint density at radius 1 is 1.04 bits per heavy atom. The van der Waals surface area contributed by atoms with Crippen LogP contribution in [0.3, 0.4) is 0 Å². The molecule has 7 nitrogen and oxygen atoms in total. The first kappa shape index (κ1) is 16.7. The fourth-order valence-corrected chi connectivity index (χ4v) is 3.48. The lowest BCUT2D eigenvalue weighted by Crippen LogP contribution is -2.00. The molecule has 5 rings (SSSR count). The zero-order valence-electron chi connectivity index (χ0n) is 15.0. The Kier molecular flexibility index (Phi) is 3.77. The summed E-state index contributed by atoms with van der Waals surface area (Å²) >= 11 is 6.21. The van der Waals surface area contributed by atoms with E-state index in [0.29, 0.717) is 33.8 Å². The number of ether oxygens (including phenoxy) is 1. The van der Waals surface area contributed by atoms with Gasteiger partial charge in [-0.05, 0) is 25.1 Å². The number of rotatable bonds is 3. The molecule has 0 radical (unpaired) electrons. The van der Waals surface area contributed by atoms with Crippen molar-refractivity contribution >= 4 is 28.0 Å². The standard InChI is InChI=1S/C20H14ClN5O2/c1-11-16(17(25-28-11)12-6-4-3-5-7-12)19-23-22-18-15-10-13(21)8-9-14(15)20(27-2)24-26(18)19/h3-10H,1-2H3. The Morgan fingerprint density at radius 2 is 1.86 bits per heavy atom. The number of hydrogen-bond donors (Lipinski definition) is 0. The molecule has 0 aliphatic rings. The van der Waals surface area contributed by atoms with Crippen LogP contribution in [-0.4, -0.2) is 32.1 Å². The zero-order chi connectivity index (χ0) is 19.3. The first-order chi connectivity index (χ1) is 13.7. The monoisotopic (exact) mass is 391 g/mol. The SMILES string of the molecule is COc1nn2c(-c3c(-c4ccccc4)noc3C)nnc2c2cc(Cl)ccc12. The van der Waals surface area contributed by atoms with E-state index in [-0.39, 0.29) is 0 Å². The lowest BCUT2D eigenvalue weighted by molar-refractivity contribution is 0.395. The van der Waals surface area contributed by atoms with Gasteiger partial charge >= 0.3 is 0 Å². The van der Waals surface area contributed by atoms with E-state index in [4.69, 9.17) is 20.9 Å². The third-order valence-electron chi connectivity index (χ3n) is 4.61. The molecule has 28 heavy (non-hydrogen) atoms. The van der Waals surface area contributed by atoms with Gasteiger partial charge in [0.1, 0.15) is 11.5 Å². The molecule has 0 spiro atoms. The third kappa shape index (κ3) is 2.44. The molecule has 0 saturated carbocycles. The van der Waals surface area contributed by atoms with Gasteiger partial charge in [-0.2, -0.15) is 4.52 Å². The molecular weight excluding hydrogens is 378 g/mol. The van der Waals surface area contributed by atoms with Crippen molar-refractivity contribution in [3.8, 4) is 28.5 Å². The molecule has 5 aromatic rings. The van der Waals surface area contributed by atoms with Gasteiger partial charge in [-0.1, -0.05) is 47.1 Å². The smallest absolute Gasteiger partial charge is 0.239 e. The molecule has 2 aromatic carbocycles. The lowest BCUT2D eigenvalue weighted by Gasteiger charge is -2.07. The highest BCUT2D eigenvalue weighted by Gasteiger charge is 2.24. The maximum atomic E-state index is 6.21. The average Bonchev–Trinajstić information content (AvgIpc) is 3.30. The normalized spacial score (nSPS) is 11.4. The quantitative estimate of drug-likeness (QED) is 0.448. The van der Waals surface area contributed by atoms with Crippen LogP contribution in [0.4, 0.5) is 0 Å². The first-order valence-electron chi connectivity index (χ1n) is 8.58. The molecule has 3 heterocycles. The van der Waals surface area contributed by atoms with Crippen LogP contribution in [0.1, 0.15) is 5.76 Å². The predicted octanol–water partition coefficient (Wildman–Crippen LogP) is 4.57. The largest absolute Gasteiger partial charge is 0.480 e. The maximum Gasteiger partial charge on any atom is 0.239 e. The van der Waals surface area contributed by atoms with E-state index in [1.165, 1.54) is 0 Å². The Hall–Kier alpha value is -3.45. The molecule has 0 aliphatic carbocycles. The molecule has 3 aromatic heterocycles. The highest BCUT2D eigenvalue weighted by molar-refractivity contribution is 6.31. The minimum atomic E-state index is 0.454. The number of fused-ring (bicyclic) bond motifs is 3. The van der Waals surface area contributed by atoms with Crippen LogP contribution in [0, 0.1) is 6.92 Å². The van der Waals surface area contributed by atoms with Crippen molar-refractivity contribution in [2.45, 2.75) is 6.92 Å². The summed E-state index contributed by atoms with van der Waals surface area (Å²) in [6, 6.07) is 15.2. The second-order valence-corrected chi connectivity index (χ2v) is 6.72. The molecule has 0 N–H and O–H groups in total. The summed E-state index contributed by atoms with van der Waals surface area (Å²) in [5, 5.41) is 19.8. The summed E-state index contributed by atoms with van der Waals surface area (Å²) in [5.74, 6) is 1.60. The van der Waals surface area contributed by atoms with E-state index in [1.807, 2.05) is 49.4 Å². The van der Waals surface area contributed by atoms with Crippen molar-refractivity contribution in [2.75, 3.05) is 7.11 Å². The summed E-state index contributed by atoms with van der Waals surface area (Å²) in [6.07, 6.45) is 0. The minimum Gasteiger partial charge on any atom is -0.480 e.